The van der Waals surface area contributed by atoms with Crippen LogP contribution in [-0.2, 0) is 6.42 Å². The molecule has 0 bridgehead atoms. The normalized spacial score (nSPS) is 10.1. The summed E-state index contributed by atoms with van der Waals surface area (Å²) >= 11 is 5.30. The van der Waals surface area contributed by atoms with Crippen molar-refractivity contribution < 1.29 is 0 Å². The maximum Gasteiger partial charge on any atom is 0.176 e. The molecule has 2 aromatic carbocycles. The zero-order valence-electron chi connectivity index (χ0n) is 12.4. The van der Waals surface area contributed by atoms with E-state index >= 15 is 0 Å². The molecule has 0 saturated heterocycles. The van der Waals surface area contributed by atoms with Crippen molar-refractivity contribution in [3.63, 3.8) is 0 Å². The van der Waals surface area contributed by atoms with E-state index in [4.69, 9.17) is 12.2 Å². The van der Waals surface area contributed by atoms with E-state index in [0.29, 0.717) is 10.9 Å². The van der Waals surface area contributed by atoms with Gasteiger partial charge in [0.2, 0.25) is 0 Å². The first-order chi connectivity index (χ1) is 11.3. The Bertz CT molecular complexity index is 775. The number of nitrogens with one attached hydrogen (secondary N) is 2. The molecule has 0 spiro atoms. The monoisotopic (exact) mass is 320 g/mol. The van der Waals surface area contributed by atoms with Gasteiger partial charge in [-0.05, 0) is 29.9 Å². The molecule has 0 atom stereocenters. The van der Waals surface area contributed by atoms with Crippen molar-refractivity contribution in [2.24, 2.45) is 0 Å². The van der Waals surface area contributed by atoms with Crippen molar-refractivity contribution in [3.8, 4) is 0 Å². The van der Waals surface area contributed by atoms with E-state index in [0.717, 1.165) is 17.8 Å². The highest BCUT2D eigenvalue weighted by Gasteiger charge is 2.03. The number of nitrogens with zero attached hydrogens (tertiary/aromatic N) is 2. The van der Waals surface area contributed by atoms with Crippen LogP contribution in [0.15, 0.2) is 73.1 Å². The molecule has 0 saturated carbocycles. The third kappa shape index (κ3) is 4.59. The number of benzene rings is 2. The van der Waals surface area contributed by atoms with Gasteiger partial charge in [0.1, 0.15) is 0 Å². The Balaban J connectivity index is 1.64. The van der Waals surface area contributed by atoms with Gasteiger partial charge in [-0.1, -0.05) is 48.5 Å². The maximum absolute atomic E-state index is 5.30. The molecule has 0 unspecified atom stereocenters. The van der Waals surface area contributed by atoms with Gasteiger partial charge in [-0.2, -0.15) is 0 Å². The largest absolute Gasteiger partial charge is 0.332 e. The summed E-state index contributed by atoms with van der Waals surface area (Å²) in [7, 11) is 0. The molecule has 5 heteroatoms. The summed E-state index contributed by atoms with van der Waals surface area (Å²) in [5.74, 6) is 0.631. The van der Waals surface area contributed by atoms with Crippen LogP contribution in [0.3, 0.4) is 0 Å². The fraction of sp³-hybridized carbons (Fsp3) is 0.0556. The first-order valence-corrected chi connectivity index (χ1v) is 7.68. The van der Waals surface area contributed by atoms with Crippen molar-refractivity contribution in [1.82, 2.24) is 9.97 Å². The Morgan fingerprint density at radius 1 is 0.870 bits per heavy atom. The van der Waals surface area contributed by atoms with Gasteiger partial charge in [-0.25, -0.2) is 4.98 Å². The number of hydrogen-bond acceptors (Lipinski definition) is 3. The van der Waals surface area contributed by atoms with Crippen LogP contribution in [-0.4, -0.2) is 15.1 Å². The molecular weight excluding hydrogens is 304 g/mol. The highest BCUT2D eigenvalue weighted by atomic mass is 32.1. The summed E-state index contributed by atoms with van der Waals surface area (Å²) in [5, 5.41) is 6.66. The smallest absolute Gasteiger partial charge is 0.176 e. The minimum absolute atomic E-state index is 0.488. The predicted octanol–water partition coefficient (Wildman–Crippen LogP) is 3.88. The number of rotatable bonds is 4. The Morgan fingerprint density at radius 3 is 2.30 bits per heavy atom. The number of hydrogen-bond donors (Lipinski definition) is 2. The van der Waals surface area contributed by atoms with E-state index < -0.39 is 0 Å². The predicted molar refractivity (Wildman–Crippen MR) is 97.6 cm³/mol. The topological polar surface area (TPSA) is 49.8 Å². The molecule has 23 heavy (non-hydrogen) atoms. The molecule has 1 aromatic heterocycles. The van der Waals surface area contributed by atoms with Gasteiger partial charge in [-0.15, -0.1) is 0 Å². The zero-order chi connectivity index (χ0) is 15.9. The highest BCUT2D eigenvalue weighted by Crippen LogP contribution is 2.10. The quantitative estimate of drug-likeness (QED) is 0.715. The lowest BCUT2D eigenvalue weighted by Gasteiger charge is -2.10. The number of anilines is 2. The summed E-state index contributed by atoms with van der Waals surface area (Å²) < 4.78 is 0. The molecule has 0 aliphatic heterocycles. The van der Waals surface area contributed by atoms with E-state index in [9.17, 15) is 0 Å². The molecule has 0 fully saturated rings. The van der Waals surface area contributed by atoms with E-state index in [1.54, 1.807) is 12.4 Å². The molecule has 4 nitrogen and oxygen atoms in total. The van der Waals surface area contributed by atoms with Gasteiger partial charge < -0.3 is 10.6 Å². The highest BCUT2D eigenvalue weighted by molar-refractivity contribution is 7.80. The summed E-state index contributed by atoms with van der Waals surface area (Å²) in [6.45, 7) is 0. The van der Waals surface area contributed by atoms with Gasteiger partial charge in [0.25, 0.3) is 0 Å². The summed E-state index contributed by atoms with van der Waals surface area (Å²) in [4.78, 5) is 8.78. The molecule has 3 rings (SSSR count). The SMILES string of the molecule is S=C(Nc1ccccc1)Nc1cncc(Cc2ccccc2)n1. The van der Waals surface area contributed by atoms with E-state index in [1.165, 1.54) is 5.56 Å². The summed E-state index contributed by atoms with van der Waals surface area (Å²) in [5.41, 5.74) is 3.02. The summed E-state index contributed by atoms with van der Waals surface area (Å²) in [6, 6.07) is 19.9. The van der Waals surface area contributed by atoms with Gasteiger partial charge in [-0.3, -0.25) is 4.98 Å². The van der Waals surface area contributed by atoms with E-state index in [-0.39, 0.29) is 0 Å². The van der Waals surface area contributed by atoms with Crippen LogP contribution >= 0.6 is 12.2 Å². The molecule has 3 aromatic rings. The number of thiocarbonyl (C=S) groups is 1. The second kappa shape index (κ2) is 7.47. The lowest BCUT2D eigenvalue weighted by molar-refractivity contribution is 1.04. The van der Waals surface area contributed by atoms with Gasteiger partial charge >= 0.3 is 0 Å². The van der Waals surface area contributed by atoms with Crippen molar-refractivity contribution in [2.45, 2.75) is 6.42 Å². The van der Waals surface area contributed by atoms with Crippen LogP contribution in [0.1, 0.15) is 11.3 Å². The second-order valence-corrected chi connectivity index (χ2v) is 5.41. The lowest BCUT2D eigenvalue weighted by Crippen LogP contribution is -2.20. The van der Waals surface area contributed by atoms with Crippen LogP contribution in [0.4, 0.5) is 11.5 Å². The molecule has 0 aliphatic rings. The average Bonchev–Trinajstić information content (AvgIpc) is 2.57. The third-order valence-corrected chi connectivity index (χ3v) is 3.39. The van der Waals surface area contributed by atoms with Crippen molar-refractivity contribution in [1.29, 1.82) is 0 Å². The Hall–Kier alpha value is -2.79. The zero-order valence-corrected chi connectivity index (χ0v) is 13.3. The van der Waals surface area contributed by atoms with Crippen molar-refractivity contribution >= 4 is 28.8 Å². The third-order valence-electron chi connectivity index (χ3n) is 3.19. The summed E-state index contributed by atoms with van der Waals surface area (Å²) in [6.07, 6.45) is 4.17. The van der Waals surface area contributed by atoms with Crippen molar-refractivity contribution in [3.05, 3.63) is 84.3 Å². The maximum atomic E-state index is 5.30. The van der Waals surface area contributed by atoms with Crippen molar-refractivity contribution in [2.75, 3.05) is 10.6 Å². The second-order valence-electron chi connectivity index (χ2n) is 5.00. The molecule has 2 N–H and O–H groups in total. The van der Waals surface area contributed by atoms with Crippen LogP contribution in [0.5, 0.6) is 0 Å². The lowest BCUT2D eigenvalue weighted by atomic mass is 10.1. The molecule has 114 valence electrons. The first-order valence-electron chi connectivity index (χ1n) is 7.27. The Kier molecular flexibility index (Phi) is 4.91. The van der Waals surface area contributed by atoms with E-state index in [1.807, 2.05) is 48.5 Å². The van der Waals surface area contributed by atoms with Gasteiger partial charge in [0, 0.05) is 18.3 Å². The molecular formula is C18H16N4S. The minimum atomic E-state index is 0.488. The fourth-order valence-corrected chi connectivity index (χ4v) is 2.38. The molecule has 0 amide bonds. The standard InChI is InChI=1S/C18H16N4S/c23-18(21-15-9-5-2-6-10-15)22-17-13-19-12-16(20-17)11-14-7-3-1-4-8-14/h1-10,12-13H,11H2,(H2,20,21,22,23). The van der Waals surface area contributed by atoms with Gasteiger partial charge in [0.15, 0.2) is 10.9 Å². The Labute approximate surface area is 140 Å². The molecule has 1 heterocycles. The molecule has 0 aliphatic carbocycles. The minimum Gasteiger partial charge on any atom is -0.332 e. The fourth-order valence-electron chi connectivity index (χ4n) is 2.16. The van der Waals surface area contributed by atoms with Crippen LogP contribution in [0.25, 0.3) is 0 Å². The van der Waals surface area contributed by atoms with E-state index in [2.05, 4.69) is 32.7 Å². The molecule has 0 radical (unpaired) electrons. The van der Waals surface area contributed by atoms with Crippen LogP contribution in [0, 0.1) is 0 Å². The average molecular weight is 320 g/mol. The van der Waals surface area contributed by atoms with Crippen LogP contribution in [0.2, 0.25) is 0 Å². The first kappa shape index (κ1) is 15.1. The number of para-hydroxylation sites is 1. The Morgan fingerprint density at radius 2 is 1.57 bits per heavy atom. The number of aromatic nitrogens is 2. The van der Waals surface area contributed by atoms with Crippen LogP contribution < -0.4 is 10.6 Å². The van der Waals surface area contributed by atoms with Gasteiger partial charge in [0.05, 0.1) is 11.9 Å².